The largest absolute Gasteiger partial charge is 0.441 e. The lowest BCUT2D eigenvalue weighted by Gasteiger charge is -2.15. The molecule has 0 fully saturated rings. The normalized spacial score (nSPS) is 12.3. The predicted octanol–water partition coefficient (Wildman–Crippen LogP) is 2.75. The van der Waals surface area contributed by atoms with Crippen molar-refractivity contribution in [2.75, 3.05) is 16.3 Å². The van der Waals surface area contributed by atoms with Crippen molar-refractivity contribution in [2.24, 2.45) is 7.05 Å². The number of carbonyl (C=O) groups is 1. The molecule has 0 saturated carbocycles. The summed E-state index contributed by atoms with van der Waals surface area (Å²) in [4.78, 5) is 20.2. The molecule has 0 radical (unpaired) electrons. The molecule has 164 valence electrons. The van der Waals surface area contributed by atoms with Crippen LogP contribution in [0, 0.1) is 5.82 Å². The Morgan fingerprint density at radius 2 is 2.03 bits per heavy atom. The van der Waals surface area contributed by atoms with Gasteiger partial charge in [0.1, 0.15) is 17.1 Å². The topological polar surface area (TPSA) is 141 Å². The summed E-state index contributed by atoms with van der Waals surface area (Å²) in [5, 5.41) is 10.3. The number of pyridine rings is 2. The summed E-state index contributed by atoms with van der Waals surface area (Å²) in [5.41, 5.74) is 1.02. The van der Waals surface area contributed by atoms with Gasteiger partial charge >= 0.3 is 6.09 Å². The summed E-state index contributed by atoms with van der Waals surface area (Å²) in [5.74, 6) is -0.440. The van der Waals surface area contributed by atoms with Crippen LogP contribution < -0.4 is 10.0 Å². The Kier molecular flexibility index (Phi) is 6.36. The highest BCUT2D eigenvalue weighted by Gasteiger charge is 2.21. The molecule has 0 bridgehead atoms. The van der Waals surface area contributed by atoms with E-state index in [0.717, 1.165) is 18.5 Å². The number of amides is 1. The highest BCUT2D eigenvalue weighted by Crippen LogP contribution is 2.27. The molecule has 0 saturated heterocycles. The lowest BCUT2D eigenvalue weighted by molar-refractivity contribution is 0.120. The van der Waals surface area contributed by atoms with Crippen LogP contribution in [0.1, 0.15) is 18.6 Å². The average Bonchev–Trinajstić information content (AvgIpc) is 3.03. The number of ether oxygens (including phenoxy) is 1. The Labute approximate surface area is 181 Å². The maximum absolute atomic E-state index is 13.4. The predicted molar refractivity (Wildman–Crippen MR) is 110 cm³/mol. The average molecular weight is 470 g/mol. The number of hydrogen-bond donors (Lipinski definition) is 2. The van der Waals surface area contributed by atoms with Gasteiger partial charge in [-0.3, -0.25) is 15.0 Å². The maximum Gasteiger partial charge on any atom is 0.413 e. The smallest absolute Gasteiger partial charge is 0.413 e. The number of halogens is 2. The van der Waals surface area contributed by atoms with E-state index < -0.39 is 28.0 Å². The van der Waals surface area contributed by atoms with E-state index in [2.05, 4.69) is 30.3 Å². The zero-order valence-corrected chi connectivity index (χ0v) is 18.1. The molecule has 2 N–H and O–H groups in total. The van der Waals surface area contributed by atoms with Gasteiger partial charge in [-0.15, -0.1) is 5.10 Å². The Morgan fingerprint density at radius 1 is 1.29 bits per heavy atom. The number of anilines is 2. The van der Waals surface area contributed by atoms with Crippen LogP contribution in [0.3, 0.4) is 0 Å². The molecule has 3 aromatic heterocycles. The van der Waals surface area contributed by atoms with Crippen molar-refractivity contribution in [2.45, 2.75) is 13.0 Å². The van der Waals surface area contributed by atoms with Crippen molar-refractivity contribution >= 4 is 39.2 Å². The van der Waals surface area contributed by atoms with Gasteiger partial charge in [0.05, 0.1) is 30.0 Å². The van der Waals surface area contributed by atoms with Crippen LogP contribution in [0.15, 0.2) is 30.6 Å². The second-order valence-corrected chi connectivity index (χ2v) is 8.53. The highest BCUT2D eigenvalue weighted by molar-refractivity contribution is 7.92. The maximum atomic E-state index is 13.4. The van der Waals surface area contributed by atoms with Crippen LogP contribution in [0.4, 0.5) is 20.7 Å². The Hall–Kier alpha value is -3.32. The minimum Gasteiger partial charge on any atom is -0.441 e. The van der Waals surface area contributed by atoms with Crippen molar-refractivity contribution in [1.82, 2.24) is 25.0 Å². The molecule has 1 atom stereocenters. The van der Waals surface area contributed by atoms with E-state index in [9.17, 15) is 17.6 Å². The van der Waals surface area contributed by atoms with Crippen LogP contribution >= 0.6 is 11.6 Å². The van der Waals surface area contributed by atoms with Crippen LogP contribution in [0.2, 0.25) is 5.15 Å². The fourth-order valence-corrected chi connectivity index (χ4v) is 3.36. The minimum atomic E-state index is -3.45. The molecule has 3 heterocycles. The fourth-order valence-electron chi connectivity index (χ4n) is 2.55. The van der Waals surface area contributed by atoms with Crippen LogP contribution in [0.25, 0.3) is 11.4 Å². The minimum absolute atomic E-state index is 0.0107. The van der Waals surface area contributed by atoms with E-state index in [1.807, 2.05) is 0 Å². The number of aromatic nitrogens is 5. The molecule has 0 aromatic carbocycles. The van der Waals surface area contributed by atoms with Gasteiger partial charge in [-0.1, -0.05) is 16.8 Å². The number of hydrogen-bond acceptors (Lipinski definition) is 8. The highest BCUT2D eigenvalue weighted by atomic mass is 35.5. The third kappa shape index (κ3) is 5.64. The van der Waals surface area contributed by atoms with Crippen LogP contribution in [0.5, 0.6) is 0 Å². The summed E-state index contributed by atoms with van der Waals surface area (Å²) in [6.45, 7) is 1.51. The summed E-state index contributed by atoms with van der Waals surface area (Å²) in [6, 6.07) is 4.12. The van der Waals surface area contributed by atoms with Gasteiger partial charge in [-0.05, 0) is 25.1 Å². The van der Waals surface area contributed by atoms with Gasteiger partial charge < -0.3 is 4.74 Å². The van der Waals surface area contributed by atoms with E-state index >= 15 is 0 Å². The lowest BCUT2D eigenvalue weighted by atomic mass is 10.2. The molecule has 11 nitrogen and oxygen atoms in total. The van der Waals surface area contributed by atoms with Crippen molar-refractivity contribution in [1.29, 1.82) is 0 Å². The monoisotopic (exact) mass is 469 g/mol. The third-order valence-electron chi connectivity index (χ3n) is 3.91. The summed E-state index contributed by atoms with van der Waals surface area (Å²) >= 11 is 5.94. The Morgan fingerprint density at radius 3 is 2.68 bits per heavy atom. The van der Waals surface area contributed by atoms with Crippen LogP contribution in [-0.4, -0.2) is 45.7 Å². The first kappa shape index (κ1) is 22.4. The first-order valence-electron chi connectivity index (χ1n) is 8.66. The molecular weight excluding hydrogens is 453 g/mol. The SMILES string of the molecule is C[C@@H](OC(=O)Nc1c(-c2ccc(NS(C)(=O)=O)cn2)nnn1C)c1cc(F)cnc1Cl. The van der Waals surface area contributed by atoms with Gasteiger partial charge in [0.2, 0.25) is 10.0 Å². The van der Waals surface area contributed by atoms with E-state index in [4.69, 9.17) is 16.3 Å². The Balaban J connectivity index is 1.76. The van der Waals surface area contributed by atoms with Gasteiger partial charge in [-0.2, -0.15) is 0 Å². The third-order valence-corrected chi connectivity index (χ3v) is 4.83. The number of rotatable bonds is 6. The first-order valence-corrected chi connectivity index (χ1v) is 10.9. The molecule has 0 aliphatic rings. The summed E-state index contributed by atoms with van der Waals surface area (Å²) in [7, 11) is -1.90. The molecule has 0 aliphatic carbocycles. The molecule has 14 heteroatoms. The van der Waals surface area contributed by atoms with Crippen molar-refractivity contribution in [3.8, 4) is 11.4 Å². The van der Waals surface area contributed by atoms with Gasteiger partial charge in [0, 0.05) is 12.6 Å². The molecule has 0 aliphatic heterocycles. The lowest BCUT2D eigenvalue weighted by Crippen LogP contribution is -2.19. The molecule has 3 aromatic rings. The van der Waals surface area contributed by atoms with Crippen LogP contribution in [-0.2, 0) is 21.8 Å². The standard InChI is InChI=1S/C17H17ClFN7O4S/c1-9(12-6-10(19)7-21-15(12)18)30-17(27)22-16-14(23-25-26(16)2)13-5-4-11(8-20-13)24-31(3,28)29/h4-9,24H,1-3H3,(H,22,27)/t9-/m1/s1. The number of carbonyl (C=O) groups excluding carboxylic acids is 1. The molecule has 0 unspecified atom stereocenters. The number of nitrogens with one attached hydrogen (secondary N) is 2. The zero-order chi connectivity index (χ0) is 22.8. The van der Waals surface area contributed by atoms with E-state index in [1.165, 1.54) is 29.9 Å². The van der Waals surface area contributed by atoms with E-state index in [1.54, 1.807) is 7.05 Å². The molecular formula is C17H17ClFN7O4S. The van der Waals surface area contributed by atoms with E-state index in [-0.39, 0.29) is 27.9 Å². The summed E-state index contributed by atoms with van der Waals surface area (Å²) in [6.07, 6.45) is 1.52. The van der Waals surface area contributed by atoms with Crippen molar-refractivity contribution in [3.63, 3.8) is 0 Å². The first-order chi connectivity index (χ1) is 14.5. The van der Waals surface area contributed by atoms with Crippen molar-refractivity contribution in [3.05, 3.63) is 47.1 Å². The summed E-state index contributed by atoms with van der Waals surface area (Å²) < 4.78 is 44.9. The van der Waals surface area contributed by atoms with Gasteiger partial charge in [0.25, 0.3) is 0 Å². The molecule has 3 rings (SSSR count). The van der Waals surface area contributed by atoms with Gasteiger partial charge in [-0.25, -0.2) is 27.3 Å². The second kappa shape index (κ2) is 8.81. The number of sulfonamides is 1. The second-order valence-electron chi connectivity index (χ2n) is 6.42. The molecule has 1 amide bonds. The molecule has 31 heavy (non-hydrogen) atoms. The fraction of sp³-hybridized carbons (Fsp3) is 0.235. The molecule has 0 spiro atoms. The van der Waals surface area contributed by atoms with E-state index in [0.29, 0.717) is 5.69 Å². The number of aryl methyl sites for hydroxylation is 1. The van der Waals surface area contributed by atoms with Gasteiger partial charge in [0.15, 0.2) is 11.5 Å². The van der Waals surface area contributed by atoms with Crippen molar-refractivity contribution < 1.29 is 22.3 Å². The number of nitrogens with zero attached hydrogens (tertiary/aromatic N) is 5. The Bertz CT molecular complexity index is 1220. The zero-order valence-electron chi connectivity index (χ0n) is 16.5. The quantitative estimate of drug-likeness (QED) is 0.525.